The highest BCUT2D eigenvalue weighted by atomic mass is 19.1. The number of carbonyl (C=O) groups is 1. The quantitative estimate of drug-likeness (QED) is 0.810. The van der Waals surface area contributed by atoms with E-state index in [1.165, 1.54) is 18.5 Å². The minimum absolute atomic E-state index is 0.101. The predicted molar refractivity (Wildman–Crippen MR) is 58.4 cm³/mol. The monoisotopic (exact) mass is 234 g/mol. The average Bonchev–Trinajstić information content (AvgIpc) is 2.32. The van der Waals surface area contributed by atoms with Crippen LogP contribution >= 0.6 is 0 Å². The van der Waals surface area contributed by atoms with Gasteiger partial charge in [-0.15, -0.1) is 0 Å². The van der Waals surface area contributed by atoms with E-state index in [1.807, 2.05) is 0 Å². The van der Waals surface area contributed by atoms with Crippen LogP contribution in [0.15, 0.2) is 36.7 Å². The summed E-state index contributed by atoms with van der Waals surface area (Å²) >= 11 is 0. The Bertz CT molecular complexity index is 584. The highest BCUT2D eigenvalue weighted by molar-refractivity contribution is 6.12. The normalized spacial score (nSPS) is 10.2. The van der Waals surface area contributed by atoms with Crippen molar-refractivity contribution in [1.29, 1.82) is 0 Å². The maximum atomic E-state index is 13.4. The molecule has 0 atom stereocenters. The molecule has 2 N–H and O–H groups in total. The van der Waals surface area contributed by atoms with Gasteiger partial charge in [0, 0.05) is 11.8 Å². The van der Waals surface area contributed by atoms with Crippen LogP contribution in [-0.4, -0.2) is 10.8 Å². The van der Waals surface area contributed by atoms with Crippen LogP contribution in [0, 0.1) is 11.6 Å². The molecule has 0 aliphatic rings. The van der Waals surface area contributed by atoms with E-state index in [0.29, 0.717) is 0 Å². The Balaban J connectivity index is 2.51. The molecule has 1 aromatic heterocycles. The van der Waals surface area contributed by atoms with E-state index in [1.54, 1.807) is 0 Å². The van der Waals surface area contributed by atoms with Crippen molar-refractivity contribution in [2.75, 3.05) is 5.73 Å². The Morgan fingerprint density at radius 2 is 1.94 bits per heavy atom. The van der Waals surface area contributed by atoms with E-state index in [2.05, 4.69) is 4.98 Å². The van der Waals surface area contributed by atoms with Crippen molar-refractivity contribution in [3.8, 4) is 0 Å². The molecule has 0 saturated heterocycles. The van der Waals surface area contributed by atoms with Crippen molar-refractivity contribution >= 4 is 11.5 Å². The van der Waals surface area contributed by atoms with Gasteiger partial charge in [0.2, 0.25) is 0 Å². The molecule has 0 saturated carbocycles. The van der Waals surface area contributed by atoms with Crippen LogP contribution in [0.5, 0.6) is 0 Å². The van der Waals surface area contributed by atoms with Gasteiger partial charge in [-0.25, -0.2) is 8.78 Å². The summed E-state index contributed by atoms with van der Waals surface area (Å²) in [5, 5.41) is 0. The second kappa shape index (κ2) is 4.29. The number of rotatable bonds is 2. The lowest BCUT2D eigenvalue weighted by molar-refractivity contribution is 0.103. The van der Waals surface area contributed by atoms with Crippen LogP contribution in [0.2, 0.25) is 0 Å². The highest BCUT2D eigenvalue weighted by Crippen LogP contribution is 2.18. The molecule has 0 unspecified atom stereocenters. The maximum Gasteiger partial charge on any atom is 0.198 e. The lowest BCUT2D eigenvalue weighted by Crippen LogP contribution is -2.08. The molecule has 2 aromatic rings. The summed E-state index contributed by atoms with van der Waals surface area (Å²) in [4.78, 5) is 15.6. The number of benzene rings is 1. The molecule has 1 aromatic carbocycles. The molecule has 2 rings (SSSR count). The van der Waals surface area contributed by atoms with Crippen LogP contribution in [0.25, 0.3) is 0 Å². The van der Waals surface area contributed by atoms with Gasteiger partial charge in [-0.3, -0.25) is 9.78 Å². The molecule has 0 amide bonds. The summed E-state index contributed by atoms with van der Waals surface area (Å²) in [7, 11) is 0. The van der Waals surface area contributed by atoms with E-state index in [0.717, 1.165) is 18.2 Å². The summed E-state index contributed by atoms with van der Waals surface area (Å²) in [5.41, 5.74) is 5.43. The molecule has 0 bridgehead atoms. The third-order valence-corrected chi connectivity index (χ3v) is 2.27. The molecular formula is C12H8F2N2O. The zero-order chi connectivity index (χ0) is 12.4. The van der Waals surface area contributed by atoms with E-state index in [9.17, 15) is 13.6 Å². The van der Waals surface area contributed by atoms with Crippen molar-refractivity contribution in [2.24, 2.45) is 0 Å². The van der Waals surface area contributed by atoms with Gasteiger partial charge in [-0.1, -0.05) is 0 Å². The van der Waals surface area contributed by atoms with Gasteiger partial charge >= 0.3 is 0 Å². The van der Waals surface area contributed by atoms with Gasteiger partial charge in [-0.2, -0.15) is 0 Å². The SMILES string of the molecule is Nc1cnccc1C(=O)c1cc(F)ccc1F. The van der Waals surface area contributed by atoms with Crippen molar-refractivity contribution in [1.82, 2.24) is 4.98 Å². The number of hydrogen-bond donors (Lipinski definition) is 1. The molecule has 1 heterocycles. The number of carbonyl (C=O) groups excluding carboxylic acids is 1. The molecule has 17 heavy (non-hydrogen) atoms. The van der Waals surface area contributed by atoms with E-state index >= 15 is 0 Å². The number of pyridine rings is 1. The number of aromatic nitrogens is 1. The number of nitrogen functional groups attached to an aromatic ring is 1. The first kappa shape index (κ1) is 11.2. The van der Waals surface area contributed by atoms with Crippen molar-refractivity contribution in [3.05, 3.63) is 59.4 Å². The van der Waals surface area contributed by atoms with E-state index in [4.69, 9.17) is 5.73 Å². The largest absolute Gasteiger partial charge is 0.397 e. The summed E-state index contributed by atoms with van der Waals surface area (Å²) in [6.45, 7) is 0. The first-order valence-electron chi connectivity index (χ1n) is 4.79. The van der Waals surface area contributed by atoms with Crippen LogP contribution in [0.3, 0.4) is 0 Å². The highest BCUT2D eigenvalue weighted by Gasteiger charge is 2.16. The van der Waals surface area contributed by atoms with E-state index in [-0.39, 0.29) is 16.8 Å². The Labute approximate surface area is 95.9 Å². The van der Waals surface area contributed by atoms with Gasteiger partial charge in [-0.05, 0) is 24.3 Å². The zero-order valence-corrected chi connectivity index (χ0v) is 8.65. The first-order valence-corrected chi connectivity index (χ1v) is 4.79. The number of hydrogen-bond acceptors (Lipinski definition) is 3. The smallest absolute Gasteiger partial charge is 0.198 e. The average molecular weight is 234 g/mol. The number of halogens is 2. The third-order valence-electron chi connectivity index (χ3n) is 2.27. The number of anilines is 1. The molecule has 0 spiro atoms. The lowest BCUT2D eigenvalue weighted by atomic mass is 10.0. The van der Waals surface area contributed by atoms with Crippen LogP contribution in [0.1, 0.15) is 15.9 Å². The second-order valence-corrected chi connectivity index (χ2v) is 3.42. The molecule has 0 fully saturated rings. The fraction of sp³-hybridized carbons (Fsp3) is 0. The molecule has 0 aliphatic carbocycles. The van der Waals surface area contributed by atoms with Crippen LogP contribution < -0.4 is 5.73 Å². The molecule has 0 radical (unpaired) electrons. The lowest BCUT2D eigenvalue weighted by Gasteiger charge is -2.05. The fourth-order valence-corrected chi connectivity index (χ4v) is 1.43. The Morgan fingerprint density at radius 1 is 1.18 bits per heavy atom. The molecular weight excluding hydrogens is 226 g/mol. The van der Waals surface area contributed by atoms with Gasteiger partial charge in [0.15, 0.2) is 5.78 Å². The summed E-state index contributed by atoms with van der Waals surface area (Å²) in [5.74, 6) is -2.13. The minimum Gasteiger partial charge on any atom is -0.397 e. The number of ketones is 1. The molecule has 3 nitrogen and oxygen atoms in total. The Hall–Kier alpha value is -2.30. The first-order chi connectivity index (χ1) is 8.09. The molecule has 0 aliphatic heterocycles. The standard InChI is InChI=1S/C12H8F2N2O/c13-7-1-2-10(14)9(5-7)12(17)8-3-4-16-6-11(8)15/h1-6H,15H2. The fourth-order valence-electron chi connectivity index (χ4n) is 1.43. The van der Waals surface area contributed by atoms with Crippen molar-refractivity contribution in [3.63, 3.8) is 0 Å². The molecule has 5 heteroatoms. The van der Waals surface area contributed by atoms with Crippen LogP contribution in [0.4, 0.5) is 14.5 Å². The predicted octanol–water partition coefficient (Wildman–Crippen LogP) is 2.17. The van der Waals surface area contributed by atoms with E-state index < -0.39 is 17.4 Å². The van der Waals surface area contributed by atoms with Gasteiger partial charge in [0.05, 0.1) is 17.4 Å². The van der Waals surface area contributed by atoms with Crippen LogP contribution in [-0.2, 0) is 0 Å². The van der Waals surface area contributed by atoms with Gasteiger partial charge in [0.1, 0.15) is 11.6 Å². The Morgan fingerprint density at radius 3 is 2.65 bits per heavy atom. The topological polar surface area (TPSA) is 56.0 Å². The number of nitrogens with zero attached hydrogens (tertiary/aromatic N) is 1. The summed E-state index contributed by atoms with van der Waals surface area (Å²) in [6, 6.07) is 4.06. The number of nitrogens with two attached hydrogens (primary N) is 1. The van der Waals surface area contributed by atoms with Gasteiger partial charge in [0.25, 0.3) is 0 Å². The van der Waals surface area contributed by atoms with Gasteiger partial charge < -0.3 is 5.73 Å². The summed E-state index contributed by atoms with van der Waals surface area (Å²) < 4.78 is 26.4. The second-order valence-electron chi connectivity index (χ2n) is 3.42. The third kappa shape index (κ3) is 2.13. The summed E-state index contributed by atoms with van der Waals surface area (Å²) in [6.07, 6.45) is 2.64. The minimum atomic E-state index is -0.785. The van der Waals surface area contributed by atoms with Crippen molar-refractivity contribution in [2.45, 2.75) is 0 Å². The van der Waals surface area contributed by atoms with Crippen molar-refractivity contribution < 1.29 is 13.6 Å². The molecule has 86 valence electrons. The zero-order valence-electron chi connectivity index (χ0n) is 8.65. The Kier molecular flexibility index (Phi) is 2.82. The maximum absolute atomic E-state index is 13.4.